The molecule has 94 valence electrons. The Morgan fingerprint density at radius 3 is 3.06 bits per heavy atom. The summed E-state index contributed by atoms with van der Waals surface area (Å²) in [5.74, 6) is 0.689. The molecular formula is C13H12ClNO2S. The first-order chi connectivity index (χ1) is 8.63. The molecule has 1 aliphatic rings. The minimum Gasteiger partial charge on any atom is -0.484 e. The summed E-state index contributed by atoms with van der Waals surface area (Å²) < 4.78 is 5.88. The monoisotopic (exact) mass is 281 g/mol. The molecule has 0 saturated heterocycles. The van der Waals surface area contributed by atoms with Gasteiger partial charge in [0.1, 0.15) is 11.9 Å². The Bertz CT molecular complexity index is 584. The smallest absolute Gasteiger partial charge is 0.144 e. The minimum atomic E-state index is -0.556. The molecule has 2 heterocycles. The zero-order chi connectivity index (χ0) is 12.7. The first-order valence-corrected chi connectivity index (χ1v) is 6.95. The largest absolute Gasteiger partial charge is 0.484 e. The topological polar surface area (TPSA) is 42.4 Å². The molecule has 1 N–H and O–H groups in total. The van der Waals surface area contributed by atoms with Gasteiger partial charge in [-0.3, -0.25) is 0 Å². The van der Waals surface area contributed by atoms with E-state index in [0.29, 0.717) is 17.2 Å². The van der Waals surface area contributed by atoms with Crippen molar-refractivity contribution in [3.63, 3.8) is 0 Å². The lowest BCUT2D eigenvalue weighted by Crippen LogP contribution is -2.19. The average molecular weight is 282 g/mol. The number of aromatic nitrogens is 1. The number of benzene rings is 1. The maximum absolute atomic E-state index is 10.2. The summed E-state index contributed by atoms with van der Waals surface area (Å²) in [5.41, 5.74) is 1.64. The predicted octanol–water partition coefficient (Wildman–Crippen LogP) is 3.66. The maximum atomic E-state index is 10.2. The highest BCUT2D eigenvalue weighted by Crippen LogP contribution is 2.41. The Kier molecular flexibility index (Phi) is 3.01. The van der Waals surface area contributed by atoms with Gasteiger partial charge in [-0.05, 0) is 25.1 Å². The summed E-state index contributed by atoms with van der Waals surface area (Å²) in [7, 11) is 0. The number of rotatable bonds is 1. The van der Waals surface area contributed by atoms with Gasteiger partial charge in [-0.15, -0.1) is 11.3 Å². The summed E-state index contributed by atoms with van der Waals surface area (Å²) >= 11 is 7.51. The second-order valence-corrected chi connectivity index (χ2v) is 5.83. The van der Waals surface area contributed by atoms with Gasteiger partial charge in [0.2, 0.25) is 0 Å². The molecule has 1 aromatic carbocycles. The lowest BCUT2D eigenvalue weighted by atomic mass is 9.98. The zero-order valence-electron chi connectivity index (χ0n) is 9.76. The van der Waals surface area contributed by atoms with Crippen LogP contribution in [0.3, 0.4) is 0 Å². The first-order valence-electron chi connectivity index (χ1n) is 5.69. The number of thiazole rings is 1. The van der Waals surface area contributed by atoms with Gasteiger partial charge in [0, 0.05) is 22.4 Å². The quantitative estimate of drug-likeness (QED) is 0.867. The van der Waals surface area contributed by atoms with Crippen LogP contribution in [0, 0.1) is 6.92 Å². The zero-order valence-corrected chi connectivity index (χ0v) is 11.3. The van der Waals surface area contributed by atoms with Gasteiger partial charge in [0.05, 0.1) is 16.8 Å². The summed E-state index contributed by atoms with van der Waals surface area (Å²) in [5, 5.41) is 13.8. The van der Waals surface area contributed by atoms with E-state index < -0.39 is 6.10 Å². The van der Waals surface area contributed by atoms with Crippen LogP contribution in [0.15, 0.2) is 23.6 Å². The fourth-order valence-electron chi connectivity index (χ4n) is 2.13. The van der Waals surface area contributed by atoms with Crippen molar-refractivity contribution < 1.29 is 9.84 Å². The Hall–Kier alpha value is -1.10. The van der Waals surface area contributed by atoms with Crippen LogP contribution < -0.4 is 4.74 Å². The second kappa shape index (κ2) is 4.53. The van der Waals surface area contributed by atoms with Crippen molar-refractivity contribution in [2.45, 2.75) is 25.6 Å². The molecule has 3 rings (SSSR count). The molecule has 1 aromatic heterocycles. The van der Waals surface area contributed by atoms with Gasteiger partial charge < -0.3 is 9.84 Å². The minimum absolute atomic E-state index is 0.182. The van der Waals surface area contributed by atoms with Crippen LogP contribution in [0.1, 0.15) is 34.9 Å². The molecular weight excluding hydrogens is 270 g/mol. The van der Waals surface area contributed by atoms with Crippen molar-refractivity contribution in [2.24, 2.45) is 0 Å². The molecule has 0 aliphatic carbocycles. The van der Waals surface area contributed by atoms with E-state index in [2.05, 4.69) is 4.98 Å². The van der Waals surface area contributed by atoms with Gasteiger partial charge in [-0.1, -0.05) is 11.6 Å². The van der Waals surface area contributed by atoms with Crippen molar-refractivity contribution in [1.29, 1.82) is 0 Å². The van der Waals surface area contributed by atoms with Gasteiger partial charge in [-0.25, -0.2) is 4.98 Å². The third-order valence-corrected chi connectivity index (χ3v) is 4.03. The molecule has 2 aromatic rings. The van der Waals surface area contributed by atoms with Gasteiger partial charge in [0.25, 0.3) is 0 Å². The van der Waals surface area contributed by atoms with Crippen LogP contribution in [0.2, 0.25) is 5.02 Å². The summed E-state index contributed by atoms with van der Waals surface area (Å²) in [6.45, 7) is 1.96. The number of nitrogens with zero attached hydrogens (tertiary/aromatic N) is 1. The van der Waals surface area contributed by atoms with E-state index in [1.54, 1.807) is 29.5 Å². The number of ether oxygens (including phenoxy) is 1. The van der Waals surface area contributed by atoms with Crippen LogP contribution in [-0.4, -0.2) is 10.1 Å². The van der Waals surface area contributed by atoms with E-state index in [4.69, 9.17) is 16.3 Å². The Labute approximate surface area is 114 Å². The van der Waals surface area contributed by atoms with Crippen molar-refractivity contribution in [2.75, 3.05) is 0 Å². The lowest BCUT2D eigenvalue weighted by molar-refractivity contribution is 0.0639. The molecule has 0 bridgehead atoms. The lowest BCUT2D eigenvalue weighted by Gasteiger charge is -2.28. The number of aliphatic hydroxyl groups is 1. The molecule has 3 nitrogen and oxygen atoms in total. The van der Waals surface area contributed by atoms with E-state index in [1.165, 1.54) is 0 Å². The third kappa shape index (κ3) is 2.11. The standard InChI is InChI=1S/C13H12ClNO2S/c1-7-15-10(6-18-7)13-5-11(16)9-4-8(14)2-3-12(9)17-13/h2-4,6,11,13,16H,5H2,1H3/t11-,13?/m0/s1. The highest BCUT2D eigenvalue weighted by molar-refractivity contribution is 7.09. The molecule has 0 spiro atoms. The van der Waals surface area contributed by atoms with Gasteiger partial charge in [0.15, 0.2) is 0 Å². The fraction of sp³-hybridized carbons (Fsp3) is 0.308. The molecule has 5 heteroatoms. The Balaban J connectivity index is 1.94. The highest BCUT2D eigenvalue weighted by atomic mass is 35.5. The van der Waals surface area contributed by atoms with E-state index in [1.807, 2.05) is 12.3 Å². The van der Waals surface area contributed by atoms with Crippen LogP contribution in [-0.2, 0) is 0 Å². The molecule has 1 aliphatic heterocycles. The normalized spacial score (nSPS) is 22.4. The molecule has 0 radical (unpaired) electrons. The number of aryl methyl sites for hydroxylation is 1. The number of hydrogen-bond acceptors (Lipinski definition) is 4. The molecule has 0 saturated carbocycles. The fourth-order valence-corrected chi connectivity index (χ4v) is 2.96. The van der Waals surface area contributed by atoms with Gasteiger partial charge >= 0.3 is 0 Å². The third-order valence-electron chi connectivity index (χ3n) is 3.00. The highest BCUT2D eigenvalue weighted by Gasteiger charge is 2.29. The average Bonchev–Trinajstić information content (AvgIpc) is 2.77. The van der Waals surface area contributed by atoms with Crippen LogP contribution in [0.4, 0.5) is 0 Å². The molecule has 2 atom stereocenters. The number of halogens is 1. The van der Waals surface area contributed by atoms with Crippen molar-refractivity contribution in [1.82, 2.24) is 4.98 Å². The van der Waals surface area contributed by atoms with E-state index in [9.17, 15) is 5.11 Å². The second-order valence-electron chi connectivity index (χ2n) is 4.33. The molecule has 0 amide bonds. The van der Waals surface area contributed by atoms with Gasteiger partial charge in [-0.2, -0.15) is 0 Å². The van der Waals surface area contributed by atoms with Crippen molar-refractivity contribution >= 4 is 22.9 Å². The Morgan fingerprint density at radius 1 is 1.50 bits per heavy atom. The molecule has 1 unspecified atom stereocenters. The Morgan fingerprint density at radius 2 is 2.33 bits per heavy atom. The number of hydrogen-bond donors (Lipinski definition) is 1. The van der Waals surface area contributed by atoms with Crippen LogP contribution in [0.25, 0.3) is 0 Å². The van der Waals surface area contributed by atoms with Crippen LogP contribution >= 0.6 is 22.9 Å². The molecule has 0 fully saturated rings. The predicted molar refractivity (Wildman–Crippen MR) is 71.2 cm³/mol. The first kappa shape index (κ1) is 12.0. The van der Waals surface area contributed by atoms with E-state index >= 15 is 0 Å². The maximum Gasteiger partial charge on any atom is 0.144 e. The van der Waals surface area contributed by atoms with Crippen LogP contribution in [0.5, 0.6) is 5.75 Å². The number of aliphatic hydroxyl groups excluding tert-OH is 1. The van der Waals surface area contributed by atoms with E-state index in [0.717, 1.165) is 16.3 Å². The SMILES string of the molecule is Cc1nc(C2C[C@H](O)c3cc(Cl)ccc3O2)cs1. The molecule has 18 heavy (non-hydrogen) atoms. The van der Waals surface area contributed by atoms with Crippen molar-refractivity contribution in [3.05, 3.63) is 44.9 Å². The summed E-state index contributed by atoms with van der Waals surface area (Å²) in [4.78, 5) is 4.42. The summed E-state index contributed by atoms with van der Waals surface area (Å²) in [6.07, 6.45) is -0.227. The van der Waals surface area contributed by atoms with Crippen molar-refractivity contribution in [3.8, 4) is 5.75 Å². The van der Waals surface area contributed by atoms with E-state index in [-0.39, 0.29) is 6.10 Å². The number of fused-ring (bicyclic) bond motifs is 1. The summed E-state index contributed by atoms with van der Waals surface area (Å²) in [6, 6.07) is 5.32.